The maximum atomic E-state index is 11.3. The Morgan fingerprint density at radius 3 is 2.67 bits per heavy atom. The van der Waals surface area contributed by atoms with Gasteiger partial charge < -0.3 is 15.2 Å². The van der Waals surface area contributed by atoms with Gasteiger partial charge in [-0.15, -0.1) is 0 Å². The molecule has 5 heteroatoms. The maximum absolute atomic E-state index is 11.3. The van der Waals surface area contributed by atoms with Crippen LogP contribution in [0.5, 0.6) is 0 Å². The van der Waals surface area contributed by atoms with Crippen LogP contribution in [-0.2, 0) is 14.3 Å². The molecule has 2 fully saturated rings. The van der Waals surface area contributed by atoms with Crippen molar-refractivity contribution in [2.24, 2.45) is 0 Å². The summed E-state index contributed by atoms with van der Waals surface area (Å²) >= 11 is 0. The number of nitrogens with one attached hydrogen (secondary N) is 1. The summed E-state index contributed by atoms with van der Waals surface area (Å²) in [6.07, 6.45) is 3.39. The molecule has 3 unspecified atom stereocenters. The molecule has 0 radical (unpaired) electrons. The third kappa shape index (κ3) is 2.47. The van der Waals surface area contributed by atoms with Gasteiger partial charge >= 0.3 is 5.97 Å². The second-order valence-corrected chi connectivity index (χ2v) is 4.18. The van der Waals surface area contributed by atoms with Crippen LogP contribution >= 0.6 is 0 Å². The number of aliphatic carboxylic acids is 1. The fraction of sp³-hybridized carbons (Fsp3) is 0.800. The highest BCUT2D eigenvalue weighted by Gasteiger charge is 2.41. The molecular weight excluding hydrogens is 198 g/mol. The normalized spacial score (nSPS) is 32.9. The molecule has 2 bridgehead atoms. The van der Waals surface area contributed by atoms with Gasteiger partial charge in [0.05, 0.1) is 24.7 Å². The first-order valence-corrected chi connectivity index (χ1v) is 5.32. The molecule has 0 aromatic carbocycles. The van der Waals surface area contributed by atoms with Crippen LogP contribution in [0.15, 0.2) is 0 Å². The van der Waals surface area contributed by atoms with Crippen LogP contribution in [0.1, 0.15) is 32.1 Å². The lowest BCUT2D eigenvalue weighted by Gasteiger charge is -2.19. The summed E-state index contributed by atoms with van der Waals surface area (Å²) < 4.78 is 5.58. The summed E-state index contributed by atoms with van der Waals surface area (Å²) in [6, 6.07) is 0.102. The van der Waals surface area contributed by atoms with Crippen molar-refractivity contribution < 1.29 is 19.4 Å². The Bertz CT molecular complexity index is 279. The third-order valence-electron chi connectivity index (χ3n) is 3.02. The van der Waals surface area contributed by atoms with E-state index in [0.717, 1.165) is 19.3 Å². The molecule has 5 nitrogen and oxygen atoms in total. The number of fused-ring (bicyclic) bond motifs is 2. The van der Waals surface area contributed by atoms with E-state index in [0.29, 0.717) is 6.10 Å². The minimum atomic E-state index is -0.936. The van der Waals surface area contributed by atoms with Crippen molar-refractivity contribution in [1.82, 2.24) is 5.32 Å². The van der Waals surface area contributed by atoms with E-state index < -0.39 is 5.97 Å². The quantitative estimate of drug-likeness (QED) is 0.703. The summed E-state index contributed by atoms with van der Waals surface area (Å²) in [5.41, 5.74) is 0. The van der Waals surface area contributed by atoms with Crippen LogP contribution in [0.3, 0.4) is 0 Å². The highest BCUT2D eigenvalue weighted by molar-refractivity contribution is 5.80. The largest absolute Gasteiger partial charge is 0.481 e. The van der Waals surface area contributed by atoms with Gasteiger partial charge in [0.15, 0.2) is 0 Å². The minimum Gasteiger partial charge on any atom is -0.481 e. The first-order valence-electron chi connectivity index (χ1n) is 5.32. The molecule has 0 spiro atoms. The monoisotopic (exact) mass is 213 g/mol. The number of ether oxygens (including phenoxy) is 1. The predicted octanol–water partition coefficient (Wildman–Crippen LogP) is 0.287. The maximum Gasteiger partial charge on any atom is 0.303 e. The van der Waals surface area contributed by atoms with Crippen LogP contribution in [0.4, 0.5) is 0 Å². The van der Waals surface area contributed by atoms with Crippen molar-refractivity contribution in [3.8, 4) is 0 Å². The molecular formula is C10H15NO4. The topological polar surface area (TPSA) is 75.6 Å². The molecule has 15 heavy (non-hydrogen) atoms. The Kier molecular flexibility index (Phi) is 2.90. The van der Waals surface area contributed by atoms with Crippen LogP contribution < -0.4 is 5.32 Å². The number of carboxylic acids is 1. The number of rotatable bonds is 4. The van der Waals surface area contributed by atoms with Gasteiger partial charge in [-0.25, -0.2) is 0 Å². The van der Waals surface area contributed by atoms with Crippen molar-refractivity contribution in [1.29, 1.82) is 0 Å². The second-order valence-electron chi connectivity index (χ2n) is 4.18. The van der Waals surface area contributed by atoms with Gasteiger partial charge in [-0.05, 0) is 19.3 Å². The lowest BCUT2D eigenvalue weighted by atomic mass is 9.95. The van der Waals surface area contributed by atoms with Gasteiger partial charge in [0.1, 0.15) is 0 Å². The Morgan fingerprint density at radius 1 is 1.33 bits per heavy atom. The molecule has 1 amide bonds. The molecule has 0 aliphatic carbocycles. The number of amides is 1. The molecule has 2 saturated heterocycles. The first kappa shape index (κ1) is 10.4. The van der Waals surface area contributed by atoms with Crippen molar-refractivity contribution >= 4 is 11.9 Å². The summed E-state index contributed by atoms with van der Waals surface area (Å²) in [4.78, 5) is 21.6. The van der Waals surface area contributed by atoms with E-state index in [2.05, 4.69) is 5.32 Å². The van der Waals surface area contributed by atoms with Crippen molar-refractivity contribution in [3.63, 3.8) is 0 Å². The van der Waals surface area contributed by atoms with Crippen LogP contribution in [0.2, 0.25) is 0 Å². The van der Waals surface area contributed by atoms with Crippen molar-refractivity contribution in [3.05, 3.63) is 0 Å². The highest BCUT2D eigenvalue weighted by atomic mass is 16.5. The van der Waals surface area contributed by atoms with E-state index in [1.54, 1.807) is 0 Å². The van der Waals surface area contributed by atoms with E-state index in [1.165, 1.54) is 0 Å². The van der Waals surface area contributed by atoms with Crippen LogP contribution in [0, 0.1) is 0 Å². The predicted molar refractivity (Wildman–Crippen MR) is 51.3 cm³/mol. The summed E-state index contributed by atoms with van der Waals surface area (Å²) in [5.74, 6) is -1.12. The fourth-order valence-corrected chi connectivity index (χ4v) is 2.29. The first-order chi connectivity index (χ1) is 7.15. The van der Waals surface area contributed by atoms with E-state index in [4.69, 9.17) is 9.84 Å². The van der Waals surface area contributed by atoms with Gasteiger partial charge in [0.25, 0.3) is 0 Å². The van der Waals surface area contributed by atoms with Crippen molar-refractivity contribution in [2.75, 3.05) is 0 Å². The number of carbonyl (C=O) groups is 2. The lowest BCUT2D eigenvalue weighted by Crippen LogP contribution is -2.41. The third-order valence-corrected chi connectivity index (χ3v) is 3.02. The SMILES string of the molecule is O=C(O)CCC(=O)NC1CC2CCC1O2. The highest BCUT2D eigenvalue weighted by Crippen LogP contribution is 2.34. The molecule has 3 atom stereocenters. The zero-order valence-electron chi connectivity index (χ0n) is 8.44. The van der Waals surface area contributed by atoms with Crippen molar-refractivity contribution in [2.45, 2.75) is 50.4 Å². The van der Waals surface area contributed by atoms with E-state index in [1.807, 2.05) is 0 Å². The molecule has 2 rings (SSSR count). The number of hydrogen-bond donors (Lipinski definition) is 2. The summed E-state index contributed by atoms with van der Waals surface area (Å²) in [6.45, 7) is 0. The van der Waals surface area contributed by atoms with Gasteiger partial charge in [-0.2, -0.15) is 0 Å². The fourth-order valence-electron chi connectivity index (χ4n) is 2.29. The Balaban J connectivity index is 1.73. The lowest BCUT2D eigenvalue weighted by molar-refractivity contribution is -0.139. The average Bonchev–Trinajstić information content (AvgIpc) is 2.76. The van der Waals surface area contributed by atoms with Gasteiger partial charge in [-0.1, -0.05) is 0 Å². The Morgan fingerprint density at radius 2 is 2.13 bits per heavy atom. The molecule has 0 aromatic heterocycles. The van der Waals surface area contributed by atoms with E-state index in [-0.39, 0.29) is 30.9 Å². The molecule has 0 aromatic rings. The smallest absolute Gasteiger partial charge is 0.303 e. The van der Waals surface area contributed by atoms with E-state index in [9.17, 15) is 9.59 Å². The van der Waals surface area contributed by atoms with E-state index >= 15 is 0 Å². The Hall–Kier alpha value is -1.10. The van der Waals surface area contributed by atoms with Crippen LogP contribution in [0.25, 0.3) is 0 Å². The average molecular weight is 213 g/mol. The Labute approximate surface area is 87.8 Å². The standard InChI is InChI=1S/C10H15NO4/c12-9(3-4-10(13)14)11-7-5-6-1-2-8(7)15-6/h6-8H,1-5H2,(H,11,12)(H,13,14). The van der Waals surface area contributed by atoms with Gasteiger partial charge in [-0.3, -0.25) is 9.59 Å². The molecule has 2 aliphatic rings. The van der Waals surface area contributed by atoms with Gasteiger partial charge in [0.2, 0.25) is 5.91 Å². The molecule has 2 heterocycles. The summed E-state index contributed by atoms with van der Waals surface area (Å²) in [7, 11) is 0. The minimum absolute atomic E-state index is 0.0587. The number of carbonyl (C=O) groups excluding carboxylic acids is 1. The second kappa shape index (κ2) is 4.18. The molecule has 2 aliphatic heterocycles. The molecule has 84 valence electrons. The summed E-state index contributed by atoms with van der Waals surface area (Å²) in [5, 5.41) is 11.3. The molecule has 2 N–H and O–H groups in total. The number of hydrogen-bond acceptors (Lipinski definition) is 3. The molecule has 0 saturated carbocycles. The number of carboxylic acid groups (broad SMARTS) is 1. The van der Waals surface area contributed by atoms with Gasteiger partial charge in [0, 0.05) is 6.42 Å². The zero-order chi connectivity index (χ0) is 10.8. The zero-order valence-corrected chi connectivity index (χ0v) is 8.44. The van der Waals surface area contributed by atoms with Crippen LogP contribution in [-0.4, -0.2) is 35.2 Å².